The molecular weight excluding hydrogens is 156 g/mol. The SMILES string of the molecule is O=C(O)c1ccnc2c1CC=N2. The largest absolute Gasteiger partial charge is 0.478 e. The van der Waals surface area contributed by atoms with Crippen molar-refractivity contribution in [1.82, 2.24) is 4.98 Å². The molecule has 0 radical (unpaired) electrons. The molecule has 0 fully saturated rings. The van der Waals surface area contributed by atoms with Crippen LogP contribution in [-0.4, -0.2) is 22.3 Å². The molecule has 0 saturated heterocycles. The van der Waals surface area contributed by atoms with Crippen molar-refractivity contribution >= 4 is 18.0 Å². The Hall–Kier alpha value is -1.71. The summed E-state index contributed by atoms with van der Waals surface area (Å²) >= 11 is 0. The summed E-state index contributed by atoms with van der Waals surface area (Å²) in [4.78, 5) is 18.6. The number of aliphatic imine (C=N–C) groups is 1. The molecule has 1 N–H and O–H groups in total. The lowest BCUT2D eigenvalue weighted by atomic mass is 10.1. The Kier molecular flexibility index (Phi) is 1.40. The molecule has 1 aliphatic rings. The molecule has 0 amide bonds. The predicted molar refractivity (Wildman–Crippen MR) is 43.1 cm³/mol. The Morgan fingerprint density at radius 1 is 1.58 bits per heavy atom. The molecule has 0 spiro atoms. The highest BCUT2D eigenvalue weighted by atomic mass is 16.4. The van der Waals surface area contributed by atoms with E-state index in [1.54, 1.807) is 6.21 Å². The van der Waals surface area contributed by atoms with E-state index in [1.165, 1.54) is 12.3 Å². The quantitative estimate of drug-likeness (QED) is 0.671. The summed E-state index contributed by atoms with van der Waals surface area (Å²) in [7, 11) is 0. The summed E-state index contributed by atoms with van der Waals surface area (Å²) in [6, 6.07) is 1.50. The first-order valence-corrected chi connectivity index (χ1v) is 3.53. The van der Waals surface area contributed by atoms with Gasteiger partial charge in [0.15, 0.2) is 5.82 Å². The van der Waals surface area contributed by atoms with Crippen molar-refractivity contribution in [2.75, 3.05) is 0 Å². The molecule has 1 aliphatic heterocycles. The smallest absolute Gasteiger partial charge is 0.336 e. The number of fused-ring (bicyclic) bond motifs is 1. The van der Waals surface area contributed by atoms with Gasteiger partial charge in [-0.15, -0.1) is 0 Å². The number of hydrogen-bond acceptors (Lipinski definition) is 3. The molecule has 4 heteroatoms. The number of carboxylic acid groups (broad SMARTS) is 1. The lowest BCUT2D eigenvalue weighted by Crippen LogP contribution is -2.01. The second kappa shape index (κ2) is 2.41. The van der Waals surface area contributed by atoms with E-state index in [0.717, 1.165) is 0 Å². The standard InChI is InChI=1S/C8H6N2O2/c11-8(12)6-2-4-10-7-5(6)1-3-9-7/h2-4H,1H2,(H,11,12). The molecule has 0 aliphatic carbocycles. The fraction of sp³-hybridized carbons (Fsp3) is 0.125. The van der Waals surface area contributed by atoms with Gasteiger partial charge in [-0.3, -0.25) is 0 Å². The molecule has 2 rings (SSSR count). The number of nitrogens with zero attached hydrogens (tertiary/aromatic N) is 2. The molecule has 12 heavy (non-hydrogen) atoms. The Morgan fingerprint density at radius 2 is 2.42 bits per heavy atom. The molecule has 60 valence electrons. The highest BCUT2D eigenvalue weighted by Crippen LogP contribution is 2.23. The number of pyridine rings is 1. The third-order valence-corrected chi connectivity index (χ3v) is 1.77. The Bertz CT molecular complexity index is 371. The van der Waals surface area contributed by atoms with Crippen LogP contribution in [0.15, 0.2) is 17.3 Å². The minimum absolute atomic E-state index is 0.303. The maximum Gasteiger partial charge on any atom is 0.336 e. The number of hydrogen-bond donors (Lipinski definition) is 1. The van der Waals surface area contributed by atoms with Crippen LogP contribution in [0.1, 0.15) is 15.9 Å². The van der Waals surface area contributed by atoms with Crippen LogP contribution in [0.4, 0.5) is 5.82 Å². The lowest BCUT2D eigenvalue weighted by molar-refractivity contribution is 0.0696. The van der Waals surface area contributed by atoms with Crippen LogP contribution >= 0.6 is 0 Å². The van der Waals surface area contributed by atoms with Crippen LogP contribution in [0.2, 0.25) is 0 Å². The van der Waals surface area contributed by atoms with Gasteiger partial charge in [-0.2, -0.15) is 0 Å². The molecule has 0 saturated carbocycles. The van der Waals surface area contributed by atoms with Crippen LogP contribution in [-0.2, 0) is 6.42 Å². The normalized spacial score (nSPS) is 13.0. The number of carboxylic acids is 1. The Morgan fingerprint density at radius 3 is 3.17 bits per heavy atom. The van der Waals surface area contributed by atoms with Crippen molar-refractivity contribution in [3.05, 3.63) is 23.4 Å². The van der Waals surface area contributed by atoms with Gasteiger partial charge in [0.2, 0.25) is 0 Å². The van der Waals surface area contributed by atoms with Gasteiger partial charge in [0.05, 0.1) is 5.56 Å². The van der Waals surface area contributed by atoms with Gasteiger partial charge >= 0.3 is 5.97 Å². The van der Waals surface area contributed by atoms with E-state index < -0.39 is 5.97 Å². The summed E-state index contributed by atoms with van der Waals surface area (Å²) in [5.74, 6) is -0.381. The van der Waals surface area contributed by atoms with Crippen LogP contribution in [0.25, 0.3) is 0 Å². The van der Waals surface area contributed by atoms with Gasteiger partial charge in [0.25, 0.3) is 0 Å². The third-order valence-electron chi connectivity index (χ3n) is 1.77. The lowest BCUT2D eigenvalue weighted by Gasteiger charge is -1.99. The zero-order valence-corrected chi connectivity index (χ0v) is 6.19. The molecule has 0 bridgehead atoms. The van der Waals surface area contributed by atoms with Crippen LogP contribution < -0.4 is 0 Å². The Balaban J connectivity index is 2.60. The first kappa shape index (κ1) is 6.97. The third kappa shape index (κ3) is 0.887. The fourth-order valence-corrected chi connectivity index (χ4v) is 1.22. The number of aromatic carboxylic acids is 1. The van der Waals surface area contributed by atoms with E-state index in [-0.39, 0.29) is 0 Å². The van der Waals surface area contributed by atoms with E-state index in [0.29, 0.717) is 23.4 Å². The first-order valence-electron chi connectivity index (χ1n) is 3.53. The number of aromatic nitrogens is 1. The minimum atomic E-state index is -0.917. The van der Waals surface area contributed by atoms with Crippen molar-refractivity contribution in [3.63, 3.8) is 0 Å². The molecule has 0 unspecified atom stereocenters. The molecule has 2 heterocycles. The van der Waals surface area contributed by atoms with Crippen LogP contribution in [0, 0.1) is 0 Å². The minimum Gasteiger partial charge on any atom is -0.478 e. The van der Waals surface area contributed by atoms with Gasteiger partial charge in [0, 0.05) is 24.4 Å². The van der Waals surface area contributed by atoms with Crippen molar-refractivity contribution in [2.45, 2.75) is 6.42 Å². The van der Waals surface area contributed by atoms with Gasteiger partial charge in [-0.25, -0.2) is 14.8 Å². The summed E-state index contributed by atoms with van der Waals surface area (Å²) < 4.78 is 0. The average Bonchev–Trinajstić information content (AvgIpc) is 2.49. The van der Waals surface area contributed by atoms with Gasteiger partial charge in [-0.1, -0.05) is 0 Å². The maximum atomic E-state index is 10.7. The number of rotatable bonds is 1. The van der Waals surface area contributed by atoms with E-state index in [2.05, 4.69) is 9.98 Å². The predicted octanol–water partition coefficient (Wildman–Crippen LogP) is 1.04. The topological polar surface area (TPSA) is 62.5 Å². The summed E-state index contributed by atoms with van der Waals surface area (Å²) in [6.07, 6.45) is 3.71. The van der Waals surface area contributed by atoms with E-state index in [4.69, 9.17) is 5.11 Å². The molecular formula is C8H6N2O2. The van der Waals surface area contributed by atoms with Gasteiger partial charge in [-0.05, 0) is 6.07 Å². The maximum absolute atomic E-state index is 10.7. The van der Waals surface area contributed by atoms with Crippen LogP contribution in [0.3, 0.4) is 0 Å². The van der Waals surface area contributed by atoms with Crippen molar-refractivity contribution in [1.29, 1.82) is 0 Å². The zero-order chi connectivity index (χ0) is 8.55. The highest BCUT2D eigenvalue weighted by molar-refractivity contribution is 5.93. The second-order valence-corrected chi connectivity index (χ2v) is 2.48. The molecule has 1 aromatic rings. The van der Waals surface area contributed by atoms with Crippen LogP contribution in [0.5, 0.6) is 0 Å². The number of carbonyl (C=O) groups is 1. The van der Waals surface area contributed by atoms with Crippen molar-refractivity contribution in [2.24, 2.45) is 4.99 Å². The first-order chi connectivity index (χ1) is 5.79. The summed E-state index contributed by atoms with van der Waals surface area (Å²) in [5, 5.41) is 8.77. The highest BCUT2D eigenvalue weighted by Gasteiger charge is 2.16. The summed E-state index contributed by atoms with van der Waals surface area (Å²) in [5.41, 5.74) is 1.02. The fourth-order valence-electron chi connectivity index (χ4n) is 1.22. The van der Waals surface area contributed by atoms with Crippen molar-refractivity contribution < 1.29 is 9.90 Å². The molecule has 4 nitrogen and oxygen atoms in total. The zero-order valence-electron chi connectivity index (χ0n) is 6.19. The van der Waals surface area contributed by atoms with Gasteiger partial charge < -0.3 is 5.11 Å². The van der Waals surface area contributed by atoms with Gasteiger partial charge in [0.1, 0.15) is 0 Å². The molecule has 0 atom stereocenters. The van der Waals surface area contributed by atoms with E-state index >= 15 is 0 Å². The Labute approximate surface area is 68.6 Å². The van der Waals surface area contributed by atoms with Crippen molar-refractivity contribution in [3.8, 4) is 0 Å². The molecule has 1 aromatic heterocycles. The summed E-state index contributed by atoms with van der Waals surface area (Å²) in [6.45, 7) is 0. The molecule has 0 aromatic carbocycles. The monoisotopic (exact) mass is 162 g/mol. The average molecular weight is 162 g/mol. The second-order valence-electron chi connectivity index (χ2n) is 2.48. The van der Waals surface area contributed by atoms with E-state index in [1.807, 2.05) is 0 Å². The van der Waals surface area contributed by atoms with E-state index in [9.17, 15) is 4.79 Å².